The van der Waals surface area contributed by atoms with Gasteiger partial charge in [0.25, 0.3) is 5.91 Å². The van der Waals surface area contributed by atoms with Crippen LogP contribution in [0.15, 0.2) is 47.6 Å². The summed E-state index contributed by atoms with van der Waals surface area (Å²) in [5, 5.41) is 6.07. The van der Waals surface area contributed by atoms with Gasteiger partial charge in [0.05, 0.1) is 24.1 Å². The predicted molar refractivity (Wildman–Crippen MR) is 97.8 cm³/mol. The number of nitrogens with one attached hydrogen (secondary N) is 1. The highest BCUT2D eigenvalue weighted by Crippen LogP contribution is 2.35. The summed E-state index contributed by atoms with van der Waals surface area (Å²) in [6.45, 7) is 0.372. The van der Waals surface area contributed by atoms with Crippen molar-refractivity contribution in [2.45, 2.75) is 6.18 Å². The van der Waals surface area contributed by atoms with E-state index in [2.05, 4.69) is 15.3 Å². The maximum Gasteiger partial charge on any atom is 0.416 e. The van der Waals surface area contributed by atoms with Gasteiger partial charge in [-0.3, -0.25) is 4.79 Å². The Bertz CT molecular complexity index is 821. The molecule has 0 unspecified atom stereocenters. The summed E-state index contributed by atoms with van der Waals surface area (Å²) in [5.41, 5.74) is -0.0233. The minimum atomic E-state index is -4.55. The first kappa shape index (κ1) is 21.2. The molecule has 0 saturated heterocycles. The molecule has 1 N–H and O–H groups in total. The Morgan fingerprint density at radius 2 is 1.82 bits per heavy atom. The number of methoxy groups -OCH3 is 1. The number of oxime groups is 1. The van der Waals surface area contributed by atoms with Crippen LogP contribution in [0.25, 0.3) is 0 Å². The van der Waals surface area contributed by atoms with Crippen molar-refractivity contribution < 1.29 is 32.3 Å². The Balaban J connectivity index is 2.23. The van der Waals surface area contributed by atoms with Crippen LogP contribution in [0.5, 0.6) is 5.75 Å². The van der Waals surface area contributed by atoms with Crippen LogP contribution in [0.4, 0.5) is 18.9 Å². The second kappa shape index (κ2) is 9.75. The molecule has 6 nitrogen and oxygen atoms in total. The molecule has 2 aromatic rings. The lowest BCUT2D eigenvalue weighted by Gasteiger charge is -2.15. The molecule has 0 saturated carbocycles. The van der Waals surface area contributed by atoms with E-state index in [1.807, 2.05) is 0 Å². The Labute approximate surface area is 159 Å². The van der Waals surface area contributed by atoms with Gasteiger partial charge >= 0.3 is 6.18 Å². The van der Waals surface area contributed by atoms with Crippen LogP contribution in [0, 0.1) is 0 Å². The van der Waals surface area contributed by atoms with Gasteiger partial charge in [0, 0.05) is 12.7 Å². The lowest BCUT2D eigenvalue weighted by molar-refractivity contribution is -0.137. The Kier molecular flexibility index (Phi) is 7.39. The van der Waals surface area contributed by atoms with E-state index in [0.717, 1.165) is 12.1 Å². The van der Waals surface area contributed by atoms with Crippen LogP contribution >= 0.6 is 0 Å². The molecule has 150 valence electrons. The number of rotatable bonds is 8. The van der Waals surface area contributed by atoms with Gasteiger partial charge in [-0.1, -0.05) is 17.3 Å². The number of carbonyl (C=O) groups is 1. The van der Waals surface area contributed by atoms with Crippen molar-refractivity contribution in [2.24, 2.45) is 5.16 Å². The van der Waals surface area contributed by atoms with Crippen molar-refractivity contribution in [1.82, 2.24) is 0 Å². The summed E-state index contributed by atoms with van der Waals surface area (Å²) in [5.74, 6) is -0.464. The number of ether oxygens (including phenoxy) is 2. The zero-order valence-electron chi connectivity index (χ0n) is 15.2. The number of hydrogen-bond donors (Lipinski definition) is 1. The van der Waals surface area contributed by atoms with E-state index in [1.54, 1.807) is 12.1 Å². The quantitative estimate of drug-likeness (QED) is 0.417. The zero-order chi connectivity index (χ0) is 20.6. The van der Waals surface area contributed by atoms with E-state index in [9.17, 15) is 18.0 Å². The Morgan fingerprint density at radius 1 is 1.11 bits per heavy atom. The molecule has 0 atom stereocenters. The van der Waals surface area contributed by atoms with Gasteiger partial charge in [-0.25, -0.2) is 0 Å². The van der Waals surface area contributed by atoms with Gasteiger partial charge in [0.1, 0.15) is 19.5 Å². The van der Waals surface area contributed by atoms with Crippen LogP contribution < -0.4 is 10.1 Å². The second-order valence-electron chi connectivity index (χ2n) is 5.54. The fraction of sp³-hybridized carbons (Fsp3) is 0.263. The number of hydrogen-bond acceptors (Lipinski definition) is 5. The number of alkyl halides is 3. The smallest absolute Gasteiger partial charge is 0.416 e. The third kappa shape index (κ3) is 5.98. The number of halogens is 3. The Hall–Kier alpha value is -3.07. The number of nitrogens with zero attached hydrogens (tertiary/aromatic N) is 1. The highest BCUT2D eigenvalue weighted by atomic mass is 19.4. The molecule has 1 amide bonds. The molecule has 0 aromatic heterocycles. The van der Waals surface area contributed by atoms with Crippen LogP contribution in [0.1, 0.15) is 21.5 Å². The summed E-state index contributed by atoms with van der Waals surface area (Å²) in [6, 6.07) is 9.18. The third-order valence-electron chi connectivity index (χ3n) is 3.58. The van der Waals surface area contributed by atoms with E-state index < -0.39 is 17.6 Å². The molecule has 0 fully saturated rings. The molecule has 2 rings (SSSR count). The third-order valence-corrected chi connectivity index (χ3v) is 3.58. The normalized spacial score (nSPS) is 11.5. The molecule has 28 heavy (non-hydrogen) atoms. The maximum atomic E-state index is 13.0. The first-order valence-electron chi connectivity index (χ1n) is 8.16. The number of carbonyl (C=O) groups excluding carboxylic acids is 1. The molecule has 9 heteroatoms. The van der Waals surface area contributed by atoms with E-state index in [0.29, 0.717) is 5.56 Å². The van der Waals surface area contributed by atoms with Gasteiger partial charge < -0.3 is 19.6 Å². The first-order valence-corrected chi connectivity index (χ1v) is 8.16. The molecule has 0 aliphatic heterocycles. The van der Waals surface area contributed by atoms with Gasteiger partial charge in [0.15, 0.2) is 0 Å². The molecule has 0 aliphatic carbocycles. The SMILES string of the molecule is COCCOc1ccc(C(F)(F)F)cc1NC(=O)c1ccc(/C=N/OC)cc1. The van der Waals surface area contributed by atoms with Crippen molar-refractivity contribution in [2.75, 3.05) is 32.8 Å². The van der Waals surface area contributed by atoms with Crippen molar-refractivity contribution in [3.63, 3.8) is 0 Å². The summed E-state index contributed by atoms with van der Waals surface area (Å²) >= 11 is 0. The molecule has 0 bridgehead atoms. The molecule has 0 radical (unpaired) electrons. The fourth-order valence-corrected chi connectivity index (χ4v) is 2.19. The van der Waals surface area contributed by atoms with Crippen LogP contribution in [0.2, 0.25) is 0 Å². The lowest BCUT2D eigenvalue weighted by Crippen LogP contribution is -2.15. The molecule has 0 spiro atoms. The monoisotopic (exact) mass is 396 g/mol. The molecule has 0 aliphatic rings. The number of amides is 1. The first-order chi connectivity index (χ1) is 13.3. The van der Waals surface area contributed by atoms with Crippen molar-refractivity contribution >= 4 is 17.8 Å². The van der Waals surface area contributed by atoms with Crippen LogP contribution in [-0.4, -0.2) is 39.6 Å². The largest absolute Gasteiger partial charge is 0.489 e. The van der Waals surface area contributed by atoms with Gasteiger partial charge in [0.2, 0.25) is 0 Å². The topological polar surface area (TPSA) is 69.2 Å². The van der Waals surface area contributed by atoms with Crippen molar-refractivity contribution in [3.05, 3.63) is 59.2 Å². The summed E-state index contributed by atoms with van der Waals surface area (Å²) < 4.78 is 49.3. The maximum absolute atomic E-state index is 13.0. The van der Waals surface area contributed by atoms with Gasteiger partial charge in [-0.2, -0.15) is 13.2 Å². The minimum absolute atomic E-state index is 0.0825. The van der Waals surface area contributed by atoms with E-state index in [4.69, 9.17) is 9.47 Å². The summed E-state index contributed by atoms with van der Waals surface area (Å²) in [6.07, 6.45) is -3.09. The van der Waals surface area contributed by atoms with Crippen LogP contribution in [0.3, 0.4) is 0 Å². The van der Waals surface area contributed by atoms with E-state index in [-0.39, 0.29) is 30.2 Å². The highest BCUT2D eigenvalue weighted by Gasteiger charge is 2.31. The van der Waals surface area contributed by atoms with E-state index >= 15 is 0 Å². The minimum Gasteiger partial charge on any atom is -0.489 e. The molecular formula is C19H19F3N2O4. The zero-order valence-corrected chi connectivity index (χ0v) is 15.2. The Morgan fingerprint density at radius 3 is 2.43 bits per heavy atom. The molecule has 2 aromatic carbocycles. The molecule has 0 heterocycles. The van der Waals surface area contributed by atoms with Gasteiger partial charge in [-0.15, -0.1) is 0 Å². The lowest BCUT2D eigenvalue weighted by atomic mass is 10.1. The highest BCUT2D eigenvalue weighted by molar-refractivity contribution is 6.05. The van der Waals surface area contributed by atoms with Crippen molar-refractivity contribution in [1.29, 1.82) is 0 Å². The average molecular weight is 396 g/mol. The number of anilines is 1. The predicted octanol–water partition coefficient (Wildman–Crippen LogP) is 3.96. The summed E-state index contributed by atoms with van der Waals surface area (Å²) in [7, 11) is 2.87. The fourth-order valence-electron chi connectivity index (χ4n) is 2.19. The average Bonchev–Trinajstić information content (AvgIpc) is 2.67. The standard InChI is InChI=1S/C19H19F3N2O4/c1-26-9-10-28-17-8-7-15(19(20,21)22)11-16(17)24-18(25)14-5-3-13(4-6-14)12-23-27-2/h3-8,11-12H,9-10H2,1-2H3,(H,24,25)/b23-12+. The van der Waals surface area contributed by atoms with E-state index in [1.165, 1.54) is 38.6 Å². The number of benzene rings is 2. The second-order valence-corrected chi connectivity index (χ2v) is 5.54. The summed E-state index contributed by atoms with van der Waals surface area (Å²) in [4.78, 5) is 17.0. The van der Waals surface area contributed by atoms with Gasteiger partial charge in [-0.05, 0) is 35.9 Å². The molecular weight excluding hydrogens is 377 g/mol. The van der Waals surface area contributed by atoms with Crippen molar-refractivity contribution in [3.8, 4) is 5.75 Å². The van der Waals surface area contributed by atoms with Crippen LogP contribution in [-0.2, 0) is 15.8 Å².